The highest BCUT2D eigenvalue weighted by Crippen LogP contribution is 2.28. The Morgan fingerprint density at radius 1 is 1.05 bits per heavy atom. The zero-order valence-electron chi connectivity index (χ0n) is 10.9. The lowest BCUT2D eigenvalue weighted by atomic mass is 10.0. The van der Waals surface area contributed by atoms with E-state index in [0.29, 0.717) is 5.39 Å². The smallest absolute Gasteiger partial charge is 0.501 e. The van der Waals surface area contributed by atoms with Crippen LogP contribution in [0.5, 0.6) is 0 Å². The summed E-state index contributed by atoms with van der Waals surface area (Å²) in [5, 5.41) is 1.44. The van der Waals surface area contributed by atoms with Gasteiger partial charge < -0.3 is 4.65 Å². The number of halogens is 5. The van der Waals surface area contributed by atoms with Crippen molar-refractivity contribution in [3.05, 3.63) is 59.9 Å². The van der Waals surface area contributed by atoms with Crippen molar-refractivity contribution in [3.63, 3.8) is 0 Å². The van der Waals surface area contributed by atoms with Crippen molar-refractivity contribution in [2.75, 3.05) is 0 Å². The molecule has 0 amide bonds. The molecule has 0 aliphatic heterocycles. The normalized spacial score (nSPS) is 12.3. The summed E-state index contributed by atoms with van der Waals surface area (Å²) in [7, 11) is -3.67. The maximum absolute atomic E-state index is 12.5. The van der Waals surface area contributed by atoms with Gasteiger partial charge in [-0.2, -0.15) is 13.2 Å². The van der Waals surface area contributed by atoms with Gasteiger partial charge in [-0.15, -0.1) is 0 Å². The number of fused-ring (bicyclic) bond motifs is 1. The predicted molar refractivity (Wildman–Crippen MR) is 71.5 cm³/mol. The third kappa shape index (κ3) is 3.84. The van der Waals surface area contributed by atoms with Gasteiger partial charge in [-0.1, -0.05) is 36.4 Å². The van der Waals surface area contributed by atoms with Crippen LogP contribution in [-0.2, 0) is 4.65 Å². The van der Waals surface area contributed by atoms with Gasteiger partial charge in [0, 0.05) is 11.6 Å². The van der Waals surface area contributed by atoms with E-state index in [4.69, 9.17) is 0 Å². The van der Waals surface area contributed by atoms with Crippen LogP contribution in [-0.4, -0.2) is 19.4 Å². The molecule has 2 nitrogen and oxygen atoms in total. The molecule has 0 aliphatic rings. The van der Waals surface area contributed by atoms with Crippen LogP contribution in [0.3, 0.4) is 0 Å². The van der Waals surface area contributed by atoms with Crippen molar-refractivity contribution in [1.29, 1.82) is 0 Å². The molecule has 0 N–H and O–H groups in total. The maximum Gasteiger partial charge on any atom is 0.796 e. The monoisotopic (exact) mass is 314 g/mol. The second-order valence-electron chi connectivity index (χ2n) is 4.31. The molecule has 0 aliphatic carbocycles. The zero-order chi connectivity index (χ0) is 16.3. The Hall–Kier alpha value is -2.38. The minimum atomic E-state index is -5.18. The summed E-state index contributed by atoms with van der Waals surface area (Å²) in [6.07, 6.45) is -5.15. The highest BCUT2D eigenvalue weighted by Gasteiger charge is 2.40. The number of benzene rings is 2. The molecule has 0 spiro atoms. The van der Waals surface area contributed by atoms with Crippen molar-refractivity contribution < 1.29 is 31.3 Å². The summed E-state index contributed by atoms with van der Waals surface area (Å²) in [4.78, 5) is 11.8. The average Bonchev–Trinajstić information content (AvgIpc) is 2.44. The lowest BCUT2D eigenvalue weighted by Gasteiger charge is -2.11. The number of alkyl halides is 3. The molecular weight excluding hydrogens is 306 g/mol. The lowest BCUT2D eigenvalue weighted by molar-refractivity contribution is -0.119. The van der Waals surface area contributed by atoms with Crippen LogP contribution >= 0.6 is 0 Å². The number of rotatable bonds is 4. The van der Waals surface area contributed by atoms with Gasteiger partial charge in [0.05, 0.1) is 0 Å². The molecule has 2 aromatic carbocycles. The van der Waals surface area contributed by atoms with Gasteiger partial charge in [0.15, 0.2) is 11.5 Å². The van der Waals surface area contributed by atoms with E-state index in [0.717, 1.165) is 5.39 Å². The van der Waals surface area contributed by atoms with E-state index in [2.05, 4.69) is 4.65 Å². The van der Waals surface area contributed by atoms with Crippen LogP contribution in [0.4, 0.5) is 21.8 Å². The van der Waals surface area contributed by atoms with E-state index < -0.39 is 25.2 Å². The van der Waals surface area contributed by atoms with Crippen molar-refractivity contribution >= 4 is 24.0 Å². The topological polar surface area (TPSA) is 26.3 Å². The van der Waals surface area contributed by atoms with Crippen LogP contribution in [0.1, 0.15) is 10.4 Å². The minimum absolute atomic E-state index is 0.0241. The van der Waals surface area contributed by atoms with Gasteiger partial charge >= 0.3 is 13.6 Å². The zero-order valence-corrected chi connectivity index (χ0v) is 10.9. The molecular formula is C14H8BF5O2. The Labute approximate surface area is 122 Å². The Morgan fingerprint density at radius 3 is 2.27 bits per heavy atom. The fraction of sp³-hybridized carbons (Fsp3) is 0.0714. The third-order valence-electron chi connectivity index (χ3n) is 2.79. The Bertz CT molecular complexity index is 724. The average molecular weight is 314 g/mol. The lowest BCUT2D eigenvalue weighted by Crippen LogP contribution is -2.20. The third-order valence-corrected chi connectivity index (χ3v) is 2.79. The molecule has 0 atom stereocenters. The molecule has 0 saturated carbocycles. The van der Waals surface area contributed by atoms with Crippen molar-refractivity contribution in [3.8, 4) is 0 Å². The van der Waals surface area contributed by atoms with Crippen LogP contribution in [0.2, 0.25) is 0 Å². The first kappa shape index (κ1) is 16.0. The van der Waals surface area contributed by atoms with Crippen molar-refractivity contribution in [2.24, 2.45) is 0 Å². The van der Waals surface area contributed by atoms with Crippen LogP contribution in [0.15, 0.2) is 54.3 Å². The molecule has 2 aromatic rings. The molecule has 0 aromatic heterocycles. The first-order valence-corrected chi connectivity index (χ1v) is 6.04. The summed E-state index contributed by atoms with van der Waals surface area (Å²) in [6, 6.07) is 11.2. The van der Waals surface area contributed by atoms with E-state index in [1.54, 1.807) is 30.3 Å². The number of carbonyl (C=O) groups is 1. The predicted octanol–water partition coefficient (Wildman–Crippen LogP) is 4.41. The van der Waals surface area contributed by atoms with Crippen molar-refractivity contribution in [2.45, 2.75) is 6.18 Å². The Kier molecular flexibility index (Phi) is 4.49. The fourth-order valence-corrected chi connectivity index (χ4v) is 1.82. The Morgan fingerprint density at radius 2 is 1.68 bits per heavy atom. The largest absolute Gasteiger partial charge is 0.796 e. The van der Waals surface area contributed by atoms with E-state index in [1.807, 2.05) is 0 Å². The second kappa shape index (κ2) is 6.17. The summed E-state index contributed by atoms with van der Waals surface area (Å²) in [6.45, 7) is 0. The first-order chi connectivity index (χ1) is 10.3. The maximum atomic E-state index is 12.5. The van der Waals surface area contributed by atoms with E-state index in [-0.39, 0.29) is 11.6 Å². The molecule has 0 heterocycles. The summed E-state index contributed by atoms with van der Waals surface area (Å²) in [5.74, 6) is -3.10. The molecule has 0 saturated heterocycles. The van der Waals surface area contributed by atoms with E-state index >= 15 is 0 Å². The SMILES string of the molecule is O=C(/C=C(\OB(F)F)C(F)(F)F)c1ccc2ccccc2c1. The van der Waals surface area contributed by atoms with Crippen LogP contribution in [0, 0.1) is 0 Å². The van der Waals surface area contributed by atoms with E-state index in [1.165, 1.54) is 12.1 Å². The molecule has 0 fully saturated rings. The molecule has 114 valence electrons. The van der Waals surface area contributed by atoms with Crippen LogP contribution in [0.25, 0.3) is 10.8 Å². The highest BCUT2D eigenvalue weighted by atomic mass is 19.4. The molecule has 8 heteroatoms. The molecule has 0 bridgehead atoms. The van der Waals surface area contributed by atoms with Gasteiger partial charge in [-0.25, -0.2) is 8.63 Å². The quantitative estimate of drug-likeness (QED) is 0.275. The van der Waals surface area contributed by atoms with Crippen LogP contribution < -0.4 is 0 Å². The molecule has 0 radical (unpaired) electrons. The molecule has 22 heavy (non-hydrogen) atoms. The summed E-state index contributed by atoms with van der Waals surface area (Å²) < 4.78 is 65.0. The summed E-state index contributed by atoms with van der Waals surface area (Å²) in [5.41, 5.74) is -0.0571. The number of hydrogen-bond donors (Lipinski definition) is 0. The fourth-order valence-electron chi connectivity index (χ4n) is 1.82. The number of allylic oxidation sites excluding steroid dienone is 2. The second-order valence-corrected chi connectivity index (χ2v) is 4.31. The van der Waals surface area contributed by atoms with Crippen molar-refractivity contribution in [1.82, 2.24) is 0 Å². The van der Waals surface area contributed by atoms with Gasteiger partial charge in [0.25, 0.3) is 0 Å². The highest BCUT2D eigenvalue weighted by molar-refractivity contribution is 6.35. The van der Waals surface area contributed by atoms with Gasteiger partial charge in [0.2, 0.25) is 0 Å². The van der Waals surface area contributed by atoms with E-state index in [9.17, 15) is 26.6 Å². The standard InChI is InChI=1S/C14H8BF5O2/c16-14(17,18)13(22-15(19)20)8-12(21)11-6-5-9-3-1-2-4-10(9)7-11/h1-8H/b13-8-. The number of carbonyl (C=O) groups excluding carboxylic acids is 1. The number of hydrogen-bond acceptors (Lipinski definition) is 2. The van der Waals surface area contributed by atoms with Gasteiger partial charge in [0.1, 0.15) is 0 Å². The molecule has 2 rings (SSSR count). The minimum Gasteiger partial charge on any atom is -0.501 e. The van der Waals surface area contributed by atoms with Gasteiger partial charge in [-0.3, -0.25) is 4.79 Å². The number of ketones is 1. The van der Waals surface area contributed by atoms with Gasteiger partial charge in [-0.05, 0) is 16.8 Å². The molecule has 0 unspecified atom stereocenters. The Balaban J connectivity index is 2.36. The summed E-state index contributed by atoms with van der Waals surface area (Å²) >= 11 is 0. The first-order valence-electron chi connectivity index (χ1n) is 6.04.